The topological polar surface area (TPSA) is 70.1 Å². The summed E-state index contributed by atoms with van der Waals surface area (Å²) in [5.41, 5.74) is 2.12. The van der Waals surface area contributed by atoms with Crippen LogP contribution in [0.25, 0.3) is 0 Å². The Hall–Kier alpha value is -2.86. The lowest BCUT2D eigenvalue weighted by Gasteiger charge is -2.36. The molecule has 2 heterocycles. The van der Waals surface area contributed by atoms with Crippen molar-refractivity contribution in [2.24, 2.45) is 0 Å². The number of amides is 1. The first-order valence-electron chi connectivity index (χ1n) is 12.2. The summed E-state index contributed by atoms with van der Waals surface area (Å²) in [5.74, 6) is 0.413. The number of piperidine rings is 1. The van der Waals surface area contributed by atoms with E-state index in [0.29, 0.717) is 25.1 Å². The predicted octanol–water partition coefficient (Wildman–Crippen LogP) is 4.31. The second-order valence-electron chi connectivity index (χ2n) is 9.05. The maximum absolute atomic E-state index is 13.6. The molecule has 1 N–H and O–H groups in total. The molecular formula is C27H34N2O4. The average molecular weight is 451 g/mol. The number of ether oxygens (including phenoxy) is 1. The predicted molar refractivity (Wildman–Crippen MR) is 128 cm³/mol. The van der Waals surface area contributed by atoms with Crippen LogP contribution in [0.2, 0.25) is 0 Å². The van der Waals surface area contributed by atoms with E-state index < -0.39 is 0 Å². The van der Waals surface area contributed by atoms with Crippen molar-refractivity contribution in [1.82, 2.24) is 9.80 Å². The van der Waals surface area contributed by atoms with E-state index in [1.807, 2.05) is 23.1 Å². The lowest BCUT2D eigenvalue weighted by Crippen LogP contribution is -2.44. The number of carbonyl (C=O) groups excluding carboxylic acids is 2. The molecule has 0 aromatic heterocycles. The van der Waals surface area contributed by atoms with E-state index in [0.717, 1.165) is 63.0 Å². The fourth-order valence-electron chi connectivity index (χ4n) is 5.04. The molecule has 6 heteroatoms. The fourth-order valence-corrected chi connectivity index (χ4v) is 5.04. The molecule has 2 aliphatic rings. The van der Waals surface area contributed by atoms with Crippen LogP contribution in [0.15, 0.2) is 42.5 Å². The number of aldehydes is 1. The van der Waals surface area contributed by atoms with E-state index in [9.17, 15) is 14.7 Å². The highest BCUT2D eigenvalue weighted by molar-refractivity contribution is 5.96. The van der Waals surface area contributed by atoms with Crippen LogP contribution in [0.1, 0.15) is 64.8 Å². The summed E-state index contributed by atoms with van der Waals surface area (Å²) in [6.45, 7) is 4.47. The van der Waals surface area contributed by atoms with Crippen molar-refractivity contribution in [3.05, 3.63) is 59.2 Å². The first kappa shape index (κ1) is 23.3. The number of rotatable bonds is 9. The summed E-state index contributed by atoms with van der Waals surface area (Å²) in [7, 11) is 0. The molecule has 2 aromatic rings. The van der Waals surface area contributed by atoms with Crippen LogP contribution >= 0.6 is 0 Å². The molecule has 0 aliphatic carbocycles. The molecule has 0 spiro atoms. The van der Waals surface area contributed by atoms with Crippen molar-refractivity contribution >= 4 is 12.2 Å². The van der Waals surface area contributed by atoms with Gasteiger partial charge in [-0.3, -0.25) is 9.59 Å². The number of nitrogens with zero attached hydrogens (tertiary/aromatic N) is 2. The second-order valence-corrected chi connectivity index (χ2v) is 9.05. The van der Waals surface area contributed by atoms with Gasteiger partial charge >= 0.3 is 0 Å². The molecule has 2 saturated heterocycles. The quantitative estimate of drug-likeness (QED) is 0.577. The Morgan fingerprint density at radius 1 is 1.03 bits per heavy atom. The van der Waals surface area contributed by atoms with Crippen LogP contribution in [-0.4, -0.2) is 65.9 Å². The van der Waals surface area contributed by atoms with Gasteiger partial charge in [0.25, 0.3) is 5.91 Å². The highest BCUT2D eigenvalue weighted by Crippen LogP contribution is 2.27. The lowest BCUT2D eigenvalue weighted by molar-refractivity contribution is 0.0579. The number of phenolic OH excluding ortho intramolecular Hbond substituents is 1. The number of phenols is 1. The Kier molecular flexibility index (Phi) is 8.00. The molecule has 0 unspecified atom stereocenters. The Labute approximate surface area is 196 Å². The molecule has 2 aromatic carbocycles. The summed E-state index contributed by atoms with van der Waals surface area (Å²) in [6.07, 6.45) is 7.80. The van der Waals surface area contributed by atoms with Crippen LogP contribution in [0, 0.1) is 0 Å². The third-order valence-corrected chi connectivity index (χ3v) is 6.90. The third-order valence-electron chi connectivity index (χ3n) is 6.90. The van der Waals surface area contributed by atoms with Gasteiger partial charge in [-0.05, 0) is 75.4 Å². The van der Waals surface area contributed by atoms with E-state index in [4.69, 9.17) is 4.74 Å². The van der Waals surface area contributed by atoms with Gasteiger partial charge in [0.1, 0.15) is 11.5 Å². The minimum absolute atomic E-state index is 0.0810. The van der Waals surface area contributed by atoms with Crippen molar-refractivity contribution < 1.29 is 19.4 Å². The normalized spacial score (nSPS) is 18.9. The smallest absolute Gasteiger partial charge is 0.254 e. The molecule has 6 nitrogen and oxygen atoms in total. The van der Waals surface area contributed by atoms with E-state index in [-0.39, 0.29) is 23.3 Å². The van der Waals surface area contributed by atoms with Gasteiger partial charge in [-0.15, -0.1) is 0 Å². The van der Waals surface area contributed by atoms with Gasteiger partial charge in [0, 0.05) is 31.1 Å². The van der Waals surface area contributed by atoms with E-state index in [1.54, 1.807) is 12.1 Å². The van der Waals surface area contributed by atoms with Crippen LogP contribution in [0.3, 0.4) is 0 Å². The van der Waals surface area contributed by atoms with Gasteiger partial charge in [-0.1, -0.05) is 24.3 Å². The number of likely N-dealkylation sites (tertiary alicyclic amines) is 2. The molecular weight excluding hydrogens is 416 g/mol. The SMILES string of the molecule is O=Cc1c(O)cccc1OCC[C@@H]1CCCCN1C(=O)c1ccccc1CCN1CCCC1. The number of hydrogen-bond donors (Lipinski definition) is 1. The average Bonchev–Trinajstić information content (AvgIpc) is 3.37. The Balaban J connectivity index is 1.40. The zero-order valence-corrected chi connectivity index (χ0v) is 19.2. The number of aromatic hydroxyl groups is 1. The maximum atomic E-state index is 13.6. The third kappa shape index (κ3) is 5.74. The minimum Gasteiger partial charge on any atom is -0.507 e. The van der Waals surface area contributed by atoms with Crippen LogP contribution in [0.4, 0.5) is 0 Å². The lowest BCUT2D eigenvalue weighted by atomic mass is 9.96. The zero-order valence-electron chi connectivity index (χ0n) is 19.2. The summed E-state index contributed by atoms with van der Waals surface area (Å²) < 4.78 is 5.83. The molecule has 33 heavy (non-hydrogen) atoms. The molecule has 0 bridgehead atoms. The molecule has 0 saturated carbocycles. The van der Waals surface area contributed by atoms with E-state index in [2.05, 4.69) is 11.0 Å². The van der Waals surface area contributed by atoms with Crippen molar-refractivity contribution in [2.75, 3.05) is 32.8 Å². The van der Waals surface area contributed by atoms with Crippen molar-refractivity contribution in [2.45, 2.75) is 51.0 Å². The first-order valence-corrected chi connectivity index (χ1v) is 12.2. The van der Waals surface area contributed by atoms with E-state index in [1.165, 1.54) is 18.9 Å². The summed E-state index contributed by atoms with van der Waals surface area (Å²) >= 11 is 0. The van der Waals surface area contributed by atoms with Crippen LogP contribution in [-0.2, 0) is 6.42 Å². The molecule has 1 amide bonds. The molecule has 0 radical (unpaired) electrons. The number of benzene rings is 2. The Morgan fingerprint density at radius 3 is 2.64 bits per heavy atom. The number of hydrogen-bond acceptors (Lipinski definition) is 5. The summed E-state index contributed by atoms with van der Waals surface area (Å²) in [4.78, 5) is 29.4. The van der Waals surface area contributed by atoms with Crippen molar-refractivity contribution in [3.63, 3.8) is 0 Å². The van der Waals surface area contributed by atoms with Crippen molar-refractivity contribution in [1.29, 1.82) is 0 Å². The maximum Gasteiger partial charge on any atom is 0.254 e. The summed E-state index contributed by atoms with van der Waals surface area (Å²) in [5, 5.41) is 9.85. The van der Waals surface area contributed by atoms with Gasteiger partial charge < -0.3 is 19.6 Å². The summed E-state index contributed by atoms with van der Waals surface area (Å²) in [6, 6.07) is 13.0. The standard InChI is InChI=1S/C27H34N2O4/c30-20-24-25(31)11-7-12-26(24)33-19-14-22-9-3-4-17-29(22)27(32)23-10-2-1-8-21(23)13-18-28-15-5-6-16-28/h1-2,7-8,10-12,20,22,31H,3-6,9,13-19H2/t22-/m0/s1. The molecule has 1 atom stereocenters. The first-order chi connectivity index (χ1) is 16.2. The fraction of sp³-hybridized carbons (Fsp3) is 0.481. The molecule has 176 valence electrons. The molecule has 2 aliphatic heterocycles. The largest absolute Gasteiger partial charge is 0.507 e. The minimum atomic E-state index is -0.0810. The van der Waals surface area contributed by atoms with Gasteiger partial charge in [0.15, 0.2) is 6.29 Å². The highest BCUT2D eigenvalue weighted by atomic mass is 16.5. The van der Waals surface area contributed by atoms with Crippen LogP contribution in [0.5, 0.6) is 11.5 Å². The monoisotopic (exact) mass is 450 g/mol. The van der Waals surface area contributed by atoms with E-state index >= 15 is 0 Å². The van der Waals surface area contributed by atoms with Crippen LogP contribution < -0.4 is 4.74 Å². The number of carbonyl (C=O) groups is 2. The second kappa shape index (κ2) is 11.3. The van der Waals surface area contributed by atoms with Crippen molar-refractivity contribution in [3.8, 4) is 11.5 Å². The van der Waals surface area contributed by atoms with Gasteiger partial charge in [-0.25, -0.2) is 0 Å². The highest BCUT2D eigenvalue weighted by Gasteiger charge is 2.28. The Bertz CT molecular complexity index is 955. The molecule has 4 rings (SSSR count). The zero-order chi connectivity index (χ0) is 23.0. The molecule has 2 fully saturated rings. The van der Waals surface area contributed by atoms with Gasteiger partial charge in [0.05, 0.1) is 12.2 Å². The van der Waals surface area contributed by atoms with Gasteiger partial charge in [-0.2, -0.15) is 0 Å². The van der Waals surface area contributed by atoms with Gasteiger partial charge in [0.2, 0.25) is 0 Å². The Morgan fingerprint density at radius 2 is 1.82 bits per heavy atom.